The van der Waals surface area contributed by atoms with Crippen molar-refractivity contribution in [2.45, 2.75) is 6.54 Å². The lowest BCUT2D eigenvalue weighted by atomic mass is 10.0. The number of rotatable bonds is 4. The van der Waals surface area contributed by atoms with Crippen LogP contribution in [0.25, 0.3) is 22.0 Å². The Hall–Kier alpha value is -3.31. The average Bonchev–Trinajstić information content (AvgIpc) is 3.03. The molecule has 2 aromatic heterocycles. The molecular formula is C22H19ClN4O. The number of anilines is 1. The average molecular weight is 391 g/mol. The Balaban J connectivity index is 1.67. The SMILES string of the molecule is Cn1c(C(=O)NCc2cccc(Cl)c2)cc2c(-c3cccc(N)c3)cncc21. The lowest BCUT2D eigenvalue weighted by Gasteiger charge is -2.07. The number of carbonyl (C=O) groups is 1. The number of nitrogen functional groups attached to an aromatic ring is 1. The maximum absolute atomic E-state index is 12.8. The molecule has 0 aliphatic rings. The Morgan fingerprint density at radius 1 is 1.14 bits per heavy atom. The molecule has 3 N–H and O–H groups in total. The fraction of sp³-hybridized carbons (Fsp3) is 0.0909. The van der Waals surface area contributed by atoms with Gasteiger partial charge >= 0.3 is 0 Å². The molecule has 0 spiro atoms. The summed E-state index contributed by atoms with van der Waals surface area (Å²) < 4.78 is 1.85. The second-order valence-electron chi connectivity index (χ2n) is 6.65. The first-order valence-corrected chi connectivity index (χ1v) is 9.23. The summed E-state index contributed by atoms with van der Waals surface area (Å²) in [5, 5.41) is 4.56. The van der Waals surface area contributed by atoms with Crippen molar-refractivity contribution in [1.82, 2.24) is 14.9 Å². The van der Waals surface area contributed by atoms with Crippen LogP contribution in [-0.2, 0) is 13.6 Å². The first-order chi connectivity index (χ1) is 13.5. The molecule has 140 valence electrons. The van der Waals surface area contributed by atoms with E-state index in [1.165, 1.54) is 0 Å². The van der Waals surface area contributed by atoms with Crippen LogP contribution < -0.4 is 11.1 Å². The molecule has 1 amide bonds. The van der Waals surface area contributed by atoms with E-state index in [-0.39, 0.29) is 5.91 Å². The van der Waals surface area contributed by atoms with Crippen LogP contribution >= 0.6 is 11.6 Å². The predicted molar refractivity (Wildman–Crippen MR) is 113 cm³/mol. The van der Waals surface area contributed by atoms with E-state index < -0.39 is 0 Å². The molecule has 0 aliphatic heterocycles. The Morgan fingerprint density at radius 2 is 1.96 bits per heavy atom. The zero-order valence-electron chi connectivity index (χ0n) is 15.3. The highest BCUT2D eigenvalue weighted by molar-refractivity contribution is 6.30. The molecule has 5 nitrogen and oxygen atoms in total. The number of nitrogens with two attached hydrogens (primary N) is 1. The number of benzene rings is 2. The van der Waals surface area contributed by atoms with Crippen molar-refractivity contribution in [3.05, 3.63) is 83.3 Å². The van der Waals surface area contributed by atoms with Crippen LogP contribution in [-0.4, -0.2) is 15.5 Å². The van der Waals surface area contributed by atoms with E-state index in [2.05, 4.69) is 10.3 Å². The van der Waals surface area contributed by atoms with Crippen molar-refractivity contribution in [3.8, 4) is 11.1 Å². The third-order valence-corrected chi connectivity index (χ3v) is 4.98. The molecule has 4 aromatic rings. The summed E-state index contributed by atoms with van der Waals surface area (Å²) in [6, 6.07) is 17.0. The van der Waals surface area contributed by atoms with Gasteiger partial charge in [0.2, 0.25) is 0 Å². The molecule has 6 heteroatoms. The number of hydrogen-bond donors (Lipinski definition) is 2. The molecule has 0 radical (unpaired) electrons. The number of fused-ring (bicyclic) bond motifs is 1. The van der Waals surface area contributed by atoms with Crippen LogP contribution in [0.4, 0.5) is 5.69 Å². The summed E-state index contributed by atoms with van der Waals surface area (Å²) in [6.07, 6.45) is 3.56. The maximum atomic E-state index is 12.8. The molecule has 0 aliphatic carbocycles. The summed E-state index contributed by atoms with van der Waals surface area (Å²) in [6.45, 7) is 0.404. The third-order valence-electron chi connectivity index (χ3n) is 4.74. The molecule has 0 fully saturated rings. The number of nitrogens with one attached hydrogen (secondary N) is 1. The Labute approximate surface area is 167 Å². The smallest absolute Gasteiger partial charge is 0.268 e. The zero-order chi connectivity index (χ0) is 19.7. The summed E-state index contributed by atoms with van der Waals surface area (Å²) in [5.41, 5.74) is 10.9. The number of carbonyl (C=O) groups excluding carboxylic acids is 1. The first kappa shape index (κ1) is 18.1. The van der Waals surface area contributed by atoms with Gasteiger partial charge in [0.1, 0.15) is 5.69 Å². The van der Waals surface area contributed by atoms with E-state index in [1.54, 1.807) is 12.4 Å². The van der Waals surface area contributed by atoms with Crippen LogP contribution in [0.15, 0.2) is 67.0 Å². The standard InChI is InChI=1S/C22H19ClN4O/c1-27-20(22(28)26-11-14-4-2-6-16(23)8-14)10-18-19(12-25-13-21(18)27)15-5-3-7-17(24)9-15/h2-10,12-13H,11,24H2,1H3,(H,26,28). The van der Waals surface area contributed by atoms with Crippen molar-refractivity contribution in [2.75, 3.05) is 5.73 Å². The van der Waals surface area contributed by atoms with Gasteiger partial charge in [-0.1, -0.05) is 35.9 Å². The van der Waals surface area contributed by atoms with Gasteiger partial charge < -0.3 is 15.6 Å². The minimum Gasteiger partial charge on any atom is -0.399 e. The van der Waals surface area contributed by atoms with Crippen LogP contribution in [0.3, 0.4) is 0 Å². The molecule has 0 saturated carbocycles. The zero-order valence-corrected chi connectivity index (χ0v) is 16.1. The summed E-state index contributed by atoms with van der Waals surface area (Å²) in [4.78, 5) is 17.1. The summed E-state index contributed by atoms with van der Waals surface area (Å²) >= 11 is 6.01. The fourth-order valence-corrected chi connectivity index (χ4v) is 3.53. The van der Waals surface area contributed by atoms with Gasteiger partial charge in [-0.25, -0.2) is 0 Å². The maximum Gasteiger partial charge on any atom is 0.268 e. The number of aryl methyl sites for hydroxylation is 1. The molecule has 2 aromatic carbocycles. The van der Waals surface area contributed by atoms with Gasteiger partial charge in [0.15, 0.2) is 0 Å². The lowest BCUT2D eigenvalue weighted by molar-refractivity contribution is 0.0943. The first-order valence-electron chi connectivity index (χ1n) is 8.85. The van der Waals surface area contributed by atoms with Crippen LogP contribution in [0.1, 0.15) is 16.1 Å². The van der Waals surface area contributed by atoms with Gasteiger partial charge in [-0.15, -0.1) is 0 Å². The molecular weight excluding hydrogens is 372 g/mol. The van der Waals surface area contributed by atoms with E-state index in [9.17, 15) is 4.79 Å². The molecule has 0 saturated heterocycles. The van der Waals surface area contributed by atoms with E-state index in [1.807, 2.05) is 66.2 Å². The highest BCUT2D eigenvalue weighted by Gasteiger charge is 2.16. The highest BCUT2D eigenvalue weighted by Crippen LogP contribution is 2.30. The Bertz CT molecular complexity index is 1180. The van der Waals surface area contributed by atoms with Crippen molar-refractivity contribution < 1.29 is 4.79 Å². The Kier molecular flexibility index (Phi) is 4.75. The third kappa shape index (κ3) is 3.44. The largest absolute Gasteiger partial charge is 0.399 e. The van der Waals surface area contributed by atoms with Gasteiger partial charge in [0.25, 0.3) is 5.91 Å². The summed E-state index contributed by atoms with van der Waals surface area (Å²) in [7, 11) is 1.86. The van der Waals surface area contributed by atoms with Crippen molar-refractivity contribution in [3.63, 3.8) is 0 Å². The van der Waals surface area contributed by atoms with Gasteiger partial charge in [0, 0.05) is 41.4 Å². The summed E-state index contributed by atoms with van der Waals surface area (Å²) in [5.74, 6) is -0.155. The molecule has 28 heavy (non-hydrogen) atoms. The second-order valence-corrected chi connectivity index (χ2v) is 7.08. The fourth-order valence-electron chi connectivity index (χ4n) is 3.32. The van der Waals surface area contributed by atoms with E-state index in [0.717, 1.165) is 27.6 Å². The number of aromatic nitrogens is 2. The van der Waals surface area contributed by atoms with Crippen molar-refractivity contribution in [1.29, 1.82) is 0 Å². The molecule has 0 bridgehead atoms. The van der Waals surface area contributed by atoms with Gasteiger partial charge in [-0.2, -0.15) is 0 Å². The van der Waals surface area contributed by atoms with E-state index in [0.29, 0.717) is 22.9 Å². The number of pyridine rings is 1. The van der Waals surface area contributed by atoms with Crippen LogP contribution in [0, 0.1) is 0 Å². The number of nitrogens with zero attached hydrogens (tertiary/aromatic N) is 2. The molecule has 0 unspecified atom stereocenters. The normalized spacial score (nSPS) is 10.9. The number of hydrogen-bond acceptors (Lipinski definition) is 3. The highest BCUT2D eigenvalue weighted by atomic mass is 35.5. The quantitative estimate of drug-likeness (QED) is 0.507. The lowest BCUT2D eigenvalue weighted by Crippen LogP contribution is -2.24. The monoisotopic (exact) mass is 390 g/mol. The van der Waals surface area contributed by atoms with Crippen LogP contribution in [0.5, 0.6) is 0 Å². The van der Waals surface area contributed by atoms with Gasteiger partial charge in [-0.05, 0) is 41.5 Å². The topological polar surface area (TPSA) is 72.9 Å². The second kappa shape index (κ2) is 7.37. The molecule has 2 heterocycles. The van der Waals surface area contributed by atoms with Gasteiger partial charge in [0.05, 0.1) is 11.7 Å². The minimum absolute atomic E-state index is 0.155. The van der Waals surface area contributed by atoms with E-state index in [4.69, 9.17) is 17.3 Å². The molecule has 0 atom stereocenters. The molecule has 4 rings (SSSR count). The predicted octanol–water partition coefficient (Wildman–Crippen LogP) is 4.41. The van der Waals surface area contributed by atoms with Gasteiger partial charge in [-0.3, -0.25) is 9.78 Å². The van der Waals surface area contributed by atoms with Crippen LogP contribution in [0.2, 0.25) is 5.02 Å². The van der Waals surface area contributed by atoms with Crippen molar-refractivity contribution >= 4 is 34.1 Å². The number of halogens is 1. The Morgan fingerprint density at radius 3 is 2.75 bits per heavy atom. The minimum atomic E-state index is -0.155. The van der Waals surface area contributed by atoms with Crippen molar-refractivity contribution in [2.24, 2.45) is 7.05 Å². The number of amides is 1. The van der Waals surface area contributed by atoms with E-state index >= 15 is 0 Å².